The van der Waals surface area contributed by atoms with E-state index in [9.17, 15) is 0 Å². The molecule has 0 aliphatic heterocycles. The summed E-state index contributed by atoms with van der Waals surface area (Å²) < 4.78 is 16.3. The molecule has 0 spiro atoms. The molecule has 0 heterocycles. The van der Waals surface area contributed by atoms with Crippen LogP contribution in [0.5, 0.6) is 0 Å². The van der Waals surface area contributed by atoms with Crippen molar-refractivity contribution in [3.05, 3.63) is 12.7 Å². The van der Waals surface area contributed by atoms with Crippen molar-refractivity contribution in [2.45, 2.75) is 19.4 Å². The highest BCUT2D eigenvalue weighted by Crippen LogP contribution is 2.14. The molecule has 0 atom stereocenters. The zero-order valence-corrected chi connectivity index (χ0v) is 10.3. The van der Waals surface area contributed by atoms with Crippen LogP contribution in [0.1, 0.15) is 13.3 Å². The molecule has 0 fully saturated rings. The summed E-state index contributed by atoms with van der Waals surface area (Å²) in [7, 11) is 0.885. The number of nitrogens with one attached hydrogen (secondary N) is 1. The van der Waals surface area contributed by atoms with Crippen molar-refractivity contribution < 1.29 is 13.3 Å². The van der Waals surface area contributed by atoms with Crippen molar-refractivity contribution in [1.82, 2.24) is 5.32 Å². The van der Waals surface area contributed by atoms with Crippen LogP contribution in [-0.4, -0.2) is 36.3 Å². The summed E-state index contributed by atoms with van der Waals surface area (Å²) in [5.74, 6) is 0. The molecule has 0 aliphatic rings. The molecule has 0 amide bonds. The minimum absolute atomic E-state index is 0.444. The molecule has 0 bridgehead atoms. The van der Waals surface area contributed by atoms with Crippen molar-refractivity contribution in [1.29, 1.82) is 0 Å². The third-order valence-corrected chi connectivity index (χ3v) is 4.80. The highest BCUT2D eigenvalue weighted by Gasteiger charge is 2.37. The predicted molar refractivity (Wildman–Crippen MR) is 59.0 cm³/mol. The van der Waals surface area contributed by atoms with Gasteiger partial charge in [0.25, 0.3) is 0 Å². The Hall–Kier alpha value is -0.203. The van der Waals surface area contributed by atoms with Gasteiger partial charge in [-0.2, -0.15) is 0 Å². The van der Waals surface area contributed by atoms with Crippen LogP contribution in [0, 0.1) is 0 Å². The van der Waals surface area contributed by atoms with E-state index in [2.05, 4.69) is 18.8 Å². The van der Waals surface area contributed by atoms with Gasteiger partial charge in [-0.1, -0.05) is 19.4 Å². The predicted octanol–water partition coefficient (Wildman–Crippen LogP) is 1.38. The van der Waals surface area contributed by atoms with E-state index in [1.807, 2.05) is 0 Å². The Labute approximate surface area is 87.6 Å². The lowest BCUT2D eigenvalue weighted by Gasteiger charge is -2.25. The van der Waals surface area contributed by atoms with E-state index in [0.29, 0.717) is 6.73 Å². The summed E-state index contributed by atoms with van der Waals surface area (Å²) >= 11 is 0. The van der Waals surface area contributed by atoms with Crippen LogP contribution in [0.2, 0.25) is 6.04 Å². The number of hydrogen-bond donors (Lipinski definition) is 1. The maximum atomic E-state index is 5.61. The van der Waals surface area contributed by atoms with Crippen LogP contribution in [-0.2, 0) is 13.3 Å². The average molecular weight is 219 g/mol. The van der Waals surface area contributed by atoms with E-state index < -0.39 is 8.80 Å². The van der Waals surface area contributed by atoms with E-state index >= 15 is 0 Å². The first-order chi connectivity index (χ1) is 6.74. The lowest BCUT2D eigenvalue weighted by molar-refractivity contribution is 0.0911. The molecule has 1 N–H and O–H groups in total. The lowest BCUT2D eigenvalue weighted by Crippen LogP contribution is -2.45. The Bertz CT molecular complexity index is 151. The van der Waals surface area contributed by atoms with Crippen LogP contribution < -0.4 is 5.32 Å². The molecule has 0 saturated heterocycles. The fraction of sp³-hybridized carbons (Fsp3) is 0.778. The Morgan fingerprint density at radius 1 is 1.36 bits per heavy atom. The van der Waals surface area contributed by atoms with Crippen molar-refractivity contribution in [2.24, 2.45) is 0 Å². The first-order valence-corrected chi connectivity index (χ1v) is 6.73. The molecule has 0 aromatic carbocycles. The lowest BCUT2D eigenvalue weighted by atomic mass is 10.6. The van der Waals surface area contributed by atoms with E-state index in [0.717, 1.165) is 19.0 Å². The smallest absolute Gasteiger partial charge is 0.377 e. The highest BCUT2D eigenvalue weighted by molar-refractivity contribution is 6.60. The minimum Gasteiger partial charge on any atom is -0.377 e. The monoisotopic (exact) mass is 219 g/mol. The number of hydrogen-bond acceptors (Lipinski definition) is 4. The normalized spacial score (nSPS) is 11.6. The van der Waals surface area contributed by atoms with Gasteiger partial charge in [-0.05, 0) is 0 Å². The second-order valence-electron chi connectivity index (χ2n) is 2.87. The van der Waals surface area contributed by atoms with Gasteiger partial charge >= 0.3 is 8.80 Å². The van der Waals surface area contributed by atoms with Gasteiger partial charge in [-0.15, -0.1) is 6.58 Å². The number of rotatable bonds is 9. The molecule has 0 aliphatic carbocycles. The van der Waals surface area contributed by atoms with Gasteiger partial charge in [0, 0.05) is 26.8 Å². The first-order valence-electron chi connectivity index (χ1n) is 4.80. The molecular weight excluding hydrogens is 198 g/mol. The summed E-state index contributed by atoms with van der Waals surface area (Å²) in [6.07, 6.45) is 2.78. The Morgan fingerprint density at radius 3 is 2.43 bits per heavy atom. The highest BCUT2D eigenvalue weighted by atomic mass is 28.4. The van der Waals surface area contributed by atoms with Gasteiger partial charge in [0.15, 0.2) is 0 Å². The molecule has 4 nitrogen and oxygen atoms in total. The Morgan fingerprint density at radius 2 is 2.00 bits per heavy atom. The standard InChI is InChI=1S/C9H21NO3Si/c1-5-7-10-9-13-14(11-3,12-4)8-6-2/h5,10H,1,6-9H2,2-4H3. The summed E-state index contributed by atoms with van der Waals surface area (Å²) in [5.41, 5.74) is 0. The molecule has 0 aromatic rings. The zero-order valence-electron chi connectivity index (χ0n) is 9.34. The molecule has 84 valence electrons. The van der Waals surface area contributed by atoms with Crippen LogP contribution in [0.4, 0.5) is 0 Å². The molecule has 0 saturated carbocycles. The maximum absolute atomic E-state index is 5.61. The largest absolute Gasteiger partial charge is 0.501 e. The van der Waals surface area contributed by atoms with E-state index in [-0.39, 0.29) is 0 Å². The fourth-order valence-electron chi connectivity index (χ4n) is 1.11. The molecule has 14 heavy (non-hydrogen) atoms. The van der Waals surface area contributed by atoms with Crippen LogP contribution in [0.15, 0.2) is 12.7 Å². The van der Waals surface area contributed by atoms with Gasteiger partial charge < -0.3 is 13.3 Å². The van der Waals surface area contributed by atoms with Gasteiger partial charge in [-0.25, -0.2) is 0 Å². The van der Waals surface area contributed by atoms with Crippen molar-refractivity contribution in [3.8, 4) is 0 Å². The minimum atomic E-state index is -2.39. The second-order valence-corrected chi connectivity index (χ2v) is 5.84. The topological polar surface area (TPSA) is 39.7 Å². The SMILES string of the molecule is C=CCNCO[Si](CCC)(OC)OC. The molecule has 0 unspecified atom stereocenters. The van der Waals surface area contributed by atoms with Gasteiger partial charge in [-0.3, -0.25) is 5.32 Å². The third-order valence-electron chi connectivity index (χ3n) is 1.86. The molecule has 0 rings (SSSR count). The molecule has 0 radical (unpaired) electrons. The van der Waals surface area contributed by atoms with E-state index in [4.69, 9.17) is 13.3 Å². The Balaban J connectivity index is 3.87. The summed E-state index contributed by atoms with van der Waals surface area (Å²) in [6, 6.07) is 0.843. The van der Waals surface area contributed by atoms with Crippen LogP contribution in [0.25, 0.3) is 0 Å². The Kier molecular flexibility index (Phi) is 8.02. The first kappa shape index (κ1) is 13.8. The fourth-order valence-corrected chi connectivity index (χ4v) is 2.99. The van der Waals surface area contributed by atoms with Gasteiger partial charge in [0.1, 0.15) is 0 Å². The summed E-state index contributed by atoms with van der Waals surface area (Å²) in [5, 5.41) is 3.05. The molecule has 0 aromatic heterocycles. The summed E-state index contributed by atoms with van der Waals surface area (Å²) in [6.45, 7) is 6.86. The summed E-state index contributed by atoms with van der Waals surface area (Å²) in [4.78, 5) is 0. The average Bonchev–Trinajstić information content (AvgIpc) is 2.23. The van der Waals surface area contributed by atoms with Crippen molar-refractivity contribution in [3.63, 3.8) is 0 Å². The quantitative estimate of drug-likeness (QED) is 0.275. The van der Waals surface area contributed by atoms with Gasteiger partial charge in [0.2, 0.25) is 0 Å². The zero-order chi connectivity index (χ0) is 10.9. The van der Waals surface area contributed by atoms with Crippen LogP contribution >= 0.6 is 0 Å². The van der Waals surface area contributed by atoms with E-state index in [1.54, 1.807) is 20.3 Å². The molecule has 5 heteroatoms. The second kappa shape index (κ2) is 8.13. The molecular formula is C9H21NO3Si. The van der Waals surface area contributed by atoms with Crippen molar-refractivity contribution in [2.75, 3.05) is 27.5 Å². The van der Waals surface area contributed by atoms with Crippen molar-refractivity contribution >= 4 is 8.80 Å². The maximum Gasteiger partial charge on any atom is 0.501 e. The van der Waals surface area contributed by atoms with Gasteiger partial charge in [0.05, 0.1) is 6.73 Å². The van der Waals surface area contributed by atoms with E-state index in [1.165, 1.54) is 0 Å². The van der Waals surface area contributed by atoms with Crippen LogP contribution in [0.3, 0.4) is 0 Å². The third kappa shape index (κ3) is 4.87.